The standard InChI is InChI=1S/C32H39NO4/c1-2-3-4-5-6-7-8-12-19-37-32(36)23-15-17-25(18-16-23)33-30(34)28-24-20-26(22-13-10-9-11-14-22)27(21-24)29(28)31(33)35/h9-11,13-18,24,26-29H,2-8,12,19-21H2,1H3/t24-,26-,27+,28+,29+/m0/s1. The first-order valence-electron chi connectivity index (χ1n) is 14.3. The first-order valence-corrected chi connectivity index (χ1v) is 14.3. The monoisotopic (exact) mass is 501 g/mol. The van der Waals surface area contributed by atoms with E-state index in [1.165, 1.54) is 49.0 Å². The summed E-state index contributed by atoms with van der Waals surface area (Å²) in [6, 6.07) is 17.2. The Balaban J connectivity index is 1.14. The van der Waals surface area contributed by atoms with Crippen LogP contribution in [0.15, 0.2) is 54.6 Å². The number of unbranched alkanes of at least 4 members (excludes halogenated alkanes) is 7. The van der Waals surface area contributed by atoms with Crippen LogP contribution in [-0.4, -0.2) is 24.4 Å². The van der Waals surface area contributed by atoms with Gasteiger partial charge in [0.15, 0.2) is 0 Å². The second-order valence-electron chi connectivity index (χ2n) is 11.1. The van der Waals surface area contributed by atoms with Crippen molar-refractivity contribution in [1.82, 2.24) is 0 Å². The molecule has 5 atom stereocenters. The highest BCUT2D eigenvalue weighted by Crippen LogP contribution is 2.61. The number of nitrogens with zero attached hydrogens (tertiary/aromatic N) is 1. The van der Waals surface area contributed by atoms with Crippen molar-refractivity contribution < 1.29 is 19.1 Å². The van der Waals surface area contributed by atoms with Crippen molar-refractivity contribution in [1.29, 1.82) is 0 Å². The molecule has 2 aromatic rings. The lowest BCUT2D eigenvalue weighted by Crippen LogP contribution is -2.33. The quantitative estimate of drug-likeness (QED) is 0.180. The fourth-order valence-corrected chi connectivity index (χ4v) is 7.03. The molecule has 0 aromatic heterocycles. The van der Waals surface area contributed by atoms with Crippen molar-refractivity contribution in [3.05, 3.63) is 65.7 Å². The summed E-state index contributed by atoms with van der Waals surface area (Å²) in [5.41, 5.74) is 2.29. The van der Waals surface area contributed by atoms with Crippen molar-refractivity contribution in [3.8, 4) is 0 Å². The zero-order valence-corrected chi connectivity index (χ0v) is 21.9. The fraction of sp³-hybridized carbons (Fsp3) is 0.531. The number of ether oxygens (including phenoxy) is 1. The molecule has 2 amide bonds. The van der Waals surface area contributed by atoms with E-state index in [1.54, 1.807) is 24.3 Å². The van der Waals surface area contributed by atoms with Gasteiger partial charge in [0.1, 0.15) is 0 Å². The largest absolute Gasteiger partial charge is 0.462 e. The van der Waals surface area contributed by atoms with Gasteiger partial charge in [0.2, 0.25) is 11.8 Å². The van der Waals surface area contributed by atoms with Gasteiger partial charge < -0.3 is 4.74 Å². The van der Waals surface area contributed by atoms with Gasteiger partial charge in [-0.2, -0.15) is 0 Å². The van der Waals surface area contributed by atoms with Crippen LogP contribution in [0.25, 0.3) is 0 Å². The van der Waals surface area contributed by atoms with E-state index >= 15 is 0 Å². The Labute approximate surface area is 220 Å². The van der Waals surface area contributed by atoms with E-state index in [9.17, 15) is 14.4 Å². The van der Waals surface area contributed by atoms with E-state index in [1.807, 2.05) is 6.07 Å². The van der Waals surface area contributed by atoms with Crippen LogP contribution in [0.4, 0.5) is 5.69 Å². The Hall–Kier alpha value is -2.95. The first kappa shape index (κ1) is 25.7. The molecule has 5 rings (SSSR count). The molecule has 5 nitrogen and oxygen atoms in total. The second kappa shape index (κ2) is 11.6. The van der Waals surface area contributed by atoms with Crippen LogP contribution in [0.3, 0.4) is 0 Å². The Bertz CT molecular complexity index is 1100. The molecule has 0 spiro atoms. The van der Waals surface area contributed by atoms with Crippen molar-refractivity contribution in [2.24, 2.45) is 23.7 Å². The van der Waals surface area contributed by atoms with E-state index < -0.39 is 0 Å². The second-order valence-corrected chi connectivity index (χ2v) is 11.1. The zero-order chi connectivity index (χ0) is 25.8. The van der Waals surface area contributed by atoms with Crippen LogP contribution in [0, 0.1) is 23.7 Å². The highest BCUT2D eigenvalue weighted by molar-refractivity contribution is 6.22. The fourth-order valence-electron chi connectivity index (χ4n) is 7.03. The maximum absolute atomic E-state index is 13.5. The van der Waals surface area contributed by atoms with Crippen LogP contribution in [-0.2, 0) is 14.3 Å². The summed E-state index contributed by atoms with van der Waals surface area (Å²) in [6.45, 7) is 2.65. The molecule has 3 fully saturated rings. The van der Waals surface area contributed by atoms with Gasteiger partial charge in [0.25, 0.3) is 0 Å². The minimum atomic E-state index is -0.353. The summed E-state index contributed by atoms with van der Waals surface area (Å²) >= 11 is 0. The maximum atomic E-state index is 13.5. The predicted molar refractivity (Wildman–Crippen MR) is 144 cm³/mol. The molecule has 37 heavy (non-hydrogen) atoms. The topological polar surface area (TPSA) is 63.7 Å². The van der Waals surface area contributed by atoms with Gasteiger partial charge >= 0.3 is 5.97 Å². The number of fused-ring (bicyclic) bond motifs is 5. The smallest absolute Gasteiger partial charge is 0.338 e. The summed E-state index contributed by atoms with van der Waals surface area (Å²) in [4.78, 5) is 40.7. The van der Waals surface area contributed by atoms with Gasteiger partial charge in [-0.1, -0.05) is 82.2 Å². The Kier molecular flexibility index (Phi) is 8.07. The number of amides is 2. The molecule has 0 radical (unpaired) electrons. The highest BCUT2D eigenvalue weighted by atomic mass is 16.5. The lowest BCUT2D eigenvalue weighted by Gasteiger charge is -2.28. The number of rotatable bonds is 12. The summed E-state index contributed by atoms with van der Waals surface area (Å²) in [7, 11) is 0. The minimum Gasteiger partial charge on any atom is -0.462 e. The van der Waals surface area contributed by atoms with Crippen molar-refractivity contribution in [2.75, 3.05) is 11.5 Å². The molecule has 2 saturated carbocycles. The van der Waals surface area contributed by atoms with Gasteiger partial charge in [0, 0.05) is 0 Å². The zero-order valence-electron chi connectivity index (χ0n) is 21.9. The number of carbonyl (C=O) groups is 3. The molecule has 1 heterocycles. The van der Waals surface area contributed by atoms with E-state index in [4.69, 9.17) is 4.74 Å². The molecule has 2 aromatic carbocycles. The molecule has 1 saturated heterocycles. The van der Waals surface area contributed by atoms with E-state index in [0.29, 0.717) is 23.8 Å². The Morgan fingerprint density at radius 1 is 0.811 bits per heavy atom. The van der Waals surface area contributed by atoms with E-state index in [0.717, 1.165) is 25.7 Å². The molecule has 196 valence electrons. The van der Waals surface area contributed by atoms with Gasteiger partial charge in [-0.05, 0) is 66.8 Å². The molecule has 3 aliphatic rings. The van der Waals surface area contributed by atoms with Crippen LogP contribution in [0.2, 0.25) is 0 Å². The number of anilines is 1. The lowest BCUT2D eigenvalue weighted by atomic mass is 9.73. The average Bonchev–Trinajstić information content (AvgIpc) is 3.59. The highest BCUT2D eigenvalue weighted by Gasteiger charge is 2.64. The lowest BCUT2D eigenvalue weighted by molar-refractivity contribution is -0.123. The molecule has 1 aliphatic heterocycles. The third-order valence-corrected chi connectivity index (χ3v) is 8.84. The van der Waals surface area contributed by atoms with Gasteiger partial charge in [-0.3, -0.25) is 14.5 Å². The Morgan fingerprint density at radius 2 is 1.46 bits per heavy atom. The Morgan fingerprint density at radius 3 is 2.16 bits per heavy atom. The number of hydrogen-bond donors (Lipinski definition) is 0. The van der Waals surface area contributed by atoms with E-state index in [2.05, 4.69) is 31.2 Å². The average molecular weight is 502 g/mol. The first-order chi connectivity index (χ1) is 18.1. The normalized spacial score (nSPS) is 26.1. The molecule has 0 N–H and O–H groups in total. The minimum absolute atomic E-state index is 0.0703. The molecular formula is C32H39NO4. The molecular weight excluding hydrogens is 462 g/mol. The number of carbonyl (C=O) groups excluding carboxylic acids is 3. The van der Waals surface area contributed by atoms with Crippen molar-refractivity contribution in [3.63, 3.8) is 0 Å². The third kappa shape index (κ3) is 5.23. The summed E-state index contributed by atoms with van der Waals surface area (Å²) in [5.74, 6) is -0.0816. The summed E-state index contributed by atoms with van der Waals surface area (Å²) in [5, 5.41) is 0. The number of hydrogen-bond acceptors (Lipinski definition) is 4. The number of imide groups is 1. The van der Waals surface area contributed by atoms with Crippen LogP contribution in [0.1, 0.15) is 93.0 Å². The molecule has 5 heteroatoms. The van der Waals surface area contributed by atoms with Gasteiger partial charge in [-0.15, -0.1) is 0 Å². The van der Waals surface area contributed by atoms with Crippen molar-refractivity contribution in [2.45, 2.75) is 77.0 Å². The number of benzene rings is 2. The summed E-state index contributed by atoms with van der Waals surface area (Å²) in [6.07, 6.45) is 11.5. The predicted octanol–water partition coefficient (Wildman–Crippen LogP) is 6.91. The summed E-state index contributed by atoms with van der Waals surface area (Å²) < 4.78 is 5.45. The van der Waals surface area contributed by atoms with Crippen LogP contribution in [0.5, 0.6) is 0 Å². The van der Waals surface area contributed by atoms with Crippen LogP contribution < -0.4 is 4.90 Å². The SMILES string of the molecule is CCCCCCCCCCOC(=O)c1ccc(N2C(=O)[C@@H]3[C@@H]4C[C@@H]([C@H]3C2=O)[C@H](c2ccccc2)C4)cc1. The van der Waals surface area contributed by atoms with Crippen molar-refractivity contribution >= 4 is 23.5 Å². The molecule has 2 aliphatic carbocycles. The van der Waals surface area contributed by atoms with Crippen LogP contribution >= 0.6 is 0 Å². The maximum Gasteiger partial charge on any atom is 0.338 e. The molecule has 2 bridgehead atoms. The molecule has 0 unspecified atom stereocenters. The van der Waals surface area contributed by atoms with Gasteiger partial charge in [-0.25, -0.2) is 4.79 Å². The van der Waals surface area contributed by atoms with E-state index in [-0.39, 0.29) is 41.5 Å². The third-order valence-electron chi connectivity index (χ3n) is 8.84. The number of esters is 1. The van der Waals surface area contributed by atoms with Gasteiger partial charge in [0.05, 0.1) is 29.7 Å².